The molecule has 10 heteroatoms. The van der Waals surface area contributed by atoms with Gasteiger partial charge in [-0.25, -0.2) is 0 Å². The Morgan fingerprint density at radius 2 is 1.55 bits per heavy atom. The Morgan fingerprint density at radius 3 is 2.16 bits per heavy atom. The molecule has 0 heterocycles. The maximum Gasteiger partial charge on any atom is 0.323 e. The molecule has 0 aliphatic carbocycles. The molecule has 38 heavy (non-hydrogen) atoms. The van der Waals surface area contributed by atoms with Gasteiger partial charge in [0.05, 0.1) is 8.95 Å². The highest BCUT2D eigenvalue weighted by Crippen LogP contribution is 2.42. The number of benzene rings is 4. The lowest BCUT2D eigenvalue weighted by atomic mass is 10.0. The SMILES string of the molecule is O=C(O)CN(C(=O)c1ccccc1)c1cc(Br)c(Oc2ccc(O)c(C(O)c3ccc(Cl)cc3)c2)c(Br)c1. The molecule has 0 fully saturated rings. The van der Waals surface area contributed by atoms with E-state index in [4.69, 9.17) is 16.3 Å². The molecule has 1 unspecified atom stereocenters. The Labute approximate surface area is 240 Å². The number of hydrogen-bond donors (Lipinski definition) is 3. The molecule has 194 valence electrons. The van der Waals surface area contributed by atoms with Gasteiger partial charge in [0.15, 0.2) is 5.75 Å². The molecule has 0 saturated carbocycles. The molecule has 3 N–H and O–H groups in total. The second kappa shape index (κ2) is 12.0. The standard InChI is InChI=1S/C28H20Br2ClNO6/c29-22-12-19(32(15-25(34)35)28(37)17-4-2-1-3-5-17)13-23(30)27(22)38-20-10-11-24(33)21(14-20)26(36)16-6-8-18(31)9-7-16/h1-14,26,33,36H,15H2,(H,34,35). The molecule has 0 saturated heterocycles. The highest BCUT2D eigenvalue weighted by molar-refractivity contribution is 9.11. The average molecular weight is 662 g/mol. The largest absolute Gasteiger partial charge is 0.508 e. The maximum absolute atomic E-state index is 13.1. The average Bonchev–Trinajstić information content (AvgIpc) is 2.90. The molecule has 4 aromatic rings. The van der Waals surface area contributed by atoms with Gasteiger partial charge in [-0.05, 0) is 92.0 Å². The van der Waals surface area contributed by atoms with Gasteiger partial charge in [0.2, 0.25) is 0 Å². The van der Waals surface area contributed by atoms with Crippen molar-refractivity contribution >= 4 is 61.0 Å². The molecule has 4 rings (SSSR count). The van der Waals surface area contributed by atoms with Gasteiger partial charge in [-0.3, -0.25) is 14.5 Å². The maximum atomic E-state index is 13.1. The second-order valence-corrected chi connectivity index (χ2v) is 10.3. The van der Waals surface area contributed by atoms with E-state index >= 15 is 0 Å². The lowest BCUT2D eigenvalue weighted by Crippen LogP contribution is -2.35. The Balaban J connectivity index is 1.64. The fraction of sp³-hybridized carbons (Fsp3) is 0.0714. The van der Waals surface area contributed by atoms with E-state index in [-0.39, 0.29) is 11.3 Å². The number of carboxylic acid groups (broad SMARTS) is 1. The van der Waals surface area contributed by atoms with Crippen molar-refractivity contribution in [1.82, 2.24) is 0 Å². The first kappa shape index (κ1) is 27.7. The van der Waals surface area contributed by atoms with Crippen LogP contribution in [0.5, 0.6) is 17.2 Å². The first-order valence-corrected chi connectivity index (χ1v) is 13.1. The van der Waals surface area contributed by atoms with E-state index < -0.39 is 24.5 Å². The number of anilines is 1. The lowest BCUT2D eigenvalue weighted by molar-refractivity contribution is -0.135. The van der Waals surface area contributed by atoms with Crippen LogP contribution in [-0.4, -0.2) is 33.7 Å². The minimum Gasteiger partial charge on any atom is -0.508 e. The smallest absolute Gasteiger partial charge is 0.323 e. The quantitative estimate of drug-likeness (QED) is 0.185. The summed E-state index contributed by atoms with van der Waals surface area (Å²) in [4.78, 5) is 25.8. The van der Waals surface area contributed by atoms with Crippen molar-refractivity contribution in [2.24, 2.45) is 0 Å². The molecule has 0 aliphatic heterocycles. The summed E-state index contributed by atoms with van der Waals surface area (Å²) in [5.41, 5.74) is 1.44. The minimum absolute atomic E-state index is 0.114. The number of rotatable bonds is 8. The fourth-order valence-electron chi connectivity index (χ4n) is 3.71. The predicted molar refractivity (Wildman–Crippen MR) is 151 cm³/mol. The van der Waals surface area contributed by atoms with E-state index in [2.05, 4.69) is 31.9 Å². The van der Waals surface area contributed by atoms with Gasteiger partial charge in [-0.1, -0.05) is 41.9 Å². The van der Waals surface area contributed by atoms with Crippen LogP contribution in [0.2, 0.25) is 5.02 Å². The number of aliphatic hydroxyl groups is 1. The molecular formula is C28H20Br2ClNO6. The zero-order valence-corrected chi connectivity index (χ0v) is 23.4. The molecule has 1 amide bonds. The summed E-state index contributed by atoms with van der Waals surface area (Å²) in [6.45, 7) is -0.545. The number of aromatic hydroxyl groups is 1. The Kier molecular flexibility index (Phi) is 8.73. The number of phenols is 1. The number of ether oxygens (including phenoxy) is 1. The number of carbonyl (C=O) groups excluding carboxylic acids is 1. The van der Waals surface area contributed by atoms with E-state index in [0.29, 0.717) is 42.3 Å². The van der Waals surface area contributed by atoms with Crippen LogP contribution in [0.4, 0.5) is 5.69 Å². The third kappa shape index (κ3) is 6.36. The van der Waals surface area contributed by atoms with Crippen LogP contribution in [0.25, 0.3) is 0 Å². The van der Waals surface area contributed by atoms with Crippen molar-refractivity contribution in [3.05, 3.63) is 116 Å². The van der Waals surface area contributed by atoms with Crippen LogP contribution in [-0.2, 0) is 4.79 Å². The van der Waals surface area contributed by atoms with Crippen LogP contribution < -0.4 is 9.64 Å². The van der Waals surface area contributed by atoms with Crippen LogP contribution in [0.15, 0.2) is 93.9 Å². The summed E-state index contributed by atoms with van der Waals surface area (Å²) >= 11 is 12.8. The lowest BCUT2D eigenvalue weighted by Gasteiger charge is -2.23. The number of aliphatic hydroxyl groups excluding tert-OH is 1. The summed E-state index contributed by atoms with van der Waals surface area (Å²) in [6.07, 6.45) is -1.13. The molecule has 0 aliphatic rings. The monoisotopic (exact) mass is 659 g/mol. The molecule has 1 atom stereocenters. The van der Waals surface area contributed by atoms with Crippen molar-refractivity contribution in [1.29, 1.82) is 0 Å². The highest BCUT2D eigenvalue weighted by Gasteiger charge is 2.23. The Morgan fingerprint density at radius 1 is 0.921 bits per heavy atom. The van der Waals surface area contributed by atoms with E-state index in [1.165, 1.54) is 18.2 Å². The normalized spacial score (nSPS) is 11.6. The zero-order chi connectivity index (χ0) is 27.4. The number of halogens is 3. The predicted octanol–water partition coefficient (Wildman–Crippen LogP) is 7.18. The molecule has 7 nitrogen and oxygen atoms in total. The number of nitrogens with zero attached hydrogens (tertiary/aromatic N) is 1. The molecule has 4 aromatic carbocycles. The van der Waals surface area contributed by atoms with Gasteiger partial charge in [-0.15, -0.1) is 0 Å². The summed E-state index contributed by atoms with van der Waals surface area (Å²) in [5.74, 6) is -1.09. The van der Waals surface area contributed by atoms with Gasteiger partial charge in [0.1, 0.15) is 24.1 Å². The van der Waals surface area contributed by atoms with Gasteiger partial charge < -0.3 is 20.1 Å². The van der Waals surface area contributed by atoms with E-state index in [1.807, 2.05) is 0 Å². The van der Waals surface area contributed by atoms with E-state index in [1.54, 1.807) is 66.7 Å². The third-order valence-electron chi connectivity index (χ3n) is 5.55. The molecule has 0 spiro atoms. The topological polar surface area (TPSA) is 107 Å². The van der Waals surface area contributed by atoms with Gasteiger partial charge in [0.25, 0.3) is 5.91 Å². The number of aliphatic carboxylic acids is 1. The third-order valence-corrected chi connectivity index (χ3v) is 6.98. The summed E-state index contributed by atoms with van der Waals surface area (Å²) in [6, 6.07) is 22.6. The van der Waals surface area contributed by atoms with Gasteiger partial charge in [0, 0.05) is 21.8 Å². The first-order valence-electron chi connectivity index (χ1n) is 11.2. The van der Waals surface area contributed by atoms with Gasteiger partial charge in [-0.2, -0.15) is 0 Å². The van der Waals surface area contributed by atoms with Crippen LogP contribution in [0, 0.1) is 0 Å². The molecular weight excluding hydrogens is 642 g/mol. The summed E-state index contributed by atoms with van der Waals surface area (Å²) in [7, 11) is 0. The van der Waals surface area contributed by atoms with Crippen molar-refractivity contribution in [3.8, 4) is 17.2 Å². The zero-order valence-electron chi connectivity index (χ0n) is 19.5. The number of carbonyl (C=O) groups is 2. The number of phenolic OH excluding ortho intramolecular Hbond substituents is 1. The minimum atomic E-state index is -1.17. The van der Waals surface area contributed by atoms with Crippen molar-refractivity contribution in [3.63, 3.8) is 0 Å². The van der Waals surface area contributed by atoms with E-state index in [0.717, 1.165) is 4.90 Å². The summed E-state index contributed by atoms with van der Waals surface area (Å²) in [5, 5.41) is 31.1. The Hall–Kier alpha value is -3.37. The first-order chi connectivity index (χ1) is 18.1. The number of carboxylic acids is 1. The summed E-state index contributed by atoms with van der Waals surface area (Å²) < 4.78 is 6.92. The second-order valence-electron chi connectivity index (χ2n) is 8.17. The van der Waals surface area contributed by atoms with Crippen LogP contribution in [0.3, 0.4) is 0 Å². The fourth-order valence-corrected chi connectivity index (χ4v) is 5.16. The van der Waals surface area contributed by atoms with Crippen LogP contribution >= 0.6 is 43.5 Å². The van der Waals surface area contributed by atoms with Crippen molar-refractivity contribution in [2.45, 2.75) is 6.10 Å². The van der Waals surface area contributed by atoms with Crippen molar-refractivity contribution in [2.75, 3.05) is 11.4 Å². The number of amides is 1. The molecule has 0 aromatic heterocycles. The molecule has 0 radical (unpaired) electrons. The van der Waals surface area contributed by atoms with Gasteiger partial charge >= 0.3 is 5.97 Å². The number of hydrogen-bond acceptors (Lipinski definition) is 5. The highest BCUT2D eigenvalue weighted by atomic mass is 79.9. The van der Waals surface area contributed by atoms with Crippen LogP contribution in [0.1, 0.15) is 27.6 Å². The Bertz CT molecular complexity index is 1460. The van der Waals surface area contributed by atoms with E-state index in [9.17, 15) is 24.9 Å². The van der Waals surface area contributed by atoms with Crippen molar-refractivity contribution < 1.29 is 29.6 Å². The molecule has 0 bridgehead atoms.